The second kappa shape index (κ2) is 5.28. The van der Waals surface area contributed by atoms with Crippen LogP contribution in [0.15, 0.2) is 27.7 Å². The molecule has 0 spiro atoms. The maximum atomic E-state index is 11.9. The Labute approximate surface area is 119 Å². The van der Waals surface area contributed by atoms with Crippen molar-refractivity contribution in [1.82, 2.24) is 10.6 Å². The van der Waals surface area contributed by atoms with E-state index in [4.69, 9.17) is 11.6 Å². The summed E-state index contributed by atoms with van der Waals surface area (Å²) >= 11 is 9.28. The van der Waals surface area contributed by atoms with E-state index in [-0.39, 0.29) is 11.9 Å². The van der Waals surface area contributed by atoms with Crippen LogP contribution in [0.2, 0.25) is 5.02 Å². The van der Waals surface area contributed by atoms with Gasteiger partial charge in [0.25, 0.3) is 5.91 Å². The minimum absolute atomic E-state index is 0.138. The molecule has 0 radical (unpaired) electrons. The minimum atomic E-state index is -0.530. The Bertz CT molecular complexity index is 516. The van der Waals surface area contributed by atoms with Crippen LogP contribution < -0.4 is 10.6 Å². The fraction of sp³-hybridized carbons (Fsp3) is 0.333. The summed E-state index contributed by atoms with van der Waals surface area (Å²) < 4.78 is 0.782. The first-order valence-electron chi connectivity index (χ1n) is 5.57. The van der Waals surface area contributed by atoms with Crippen LogP contribution in [-0.2, 0) is 4.79 Å². The van der Waals surface area contributed by atoms with E-state index >= 15 is 0 Å². The Kier molecular flexibility index (Phi) is 3.92. The Morgan fingerprint density at radius 2 is 2.22 bits per heavy atom. The van der Waals surface area contributed by atoms with Gasteiger partial charge in [-0.05, 0) is 26.0 Å². The molecule has 0 saturated heterocycles. The molecule has 0 aliphatic carbocycles. The number of carbonyl (C=O) groups is 1. The van der Waals surface area contributed by atoms with E-state index in [1.807, 2.05) is 13.8 Å². The van der Waals surface area contributed by atoms with Gasteiger partial charge in [-0.3, -0.25) is 10.1 Å². The summed E-state index contributed by atoms with van der Waals surface area (Å²) in [6.07, 6.45) is 0. The van der Waals surface area contributed by atoms with Gasteiger partial charge in [-0.25, -0.2) is 4.99 Å². The predicted molar refractivity (Wildman–Crippen MR) is 75.7 cm³/mol. The second-order valence-corrected chi connectivity index (χ2v) is 5.63. The van der Waals surface area contributed by atoms with E-state index in [0.717, 1.165) is 10.0 Å². The SMILES string of the molecule is CC(C)NC1=NC(c2ccc(Cl)cc2Br)C(=O)N1. The number of halogens is 2. The molecule has 1 amide bonds. The molecule has 1 atom stereocenters. The van der Waals surface area contributed by atoms with E-state index in [1.165, 1.54) is 0 Å². The molecule has 18 heavy (non-hydrogen) atoms. The summed E-state index contributed by atoms with van der Waals surface area (Å²) in [5, 5.41) is 6.42. The highest BCUT2D eigenvalue weighted by Gasteiger charge is 2.29. The fourth-order valence-electron chi connectivity index (χ4n) is 1.69. The van der Waals surface area contributed by atoms with Gasteiger partial charge < -0.3 is 5.32 Å². The topological polar surface area (TPSA) is 53.5 Å². The third-order valence-electron chi connectivity index (χ3n) is 2.43. The van der Waals surface area contributed by atoms with Gasteiger partial charge in [0.15, 0.2) is 12.0 Å². The van der Waals surface area contributed by atoms with Crippen LogP contribution in [0, 0.1) is 0 Å². The van der Waals surface area contributed by atoms with Crippen LogP contribution in [0.1, 0.15) is 25.5 Å². The molecule has 4 nitrogen and oxygen atoms in total. The number of benzene rings is 1. The Morgan fingerprint density at radius 1 is 1.50 bits per heavy atom. The molecule has 0 bridgehead atoms. The van der Waals surface area contributed by atoms with Crippen LogP contribution >= 0.6 is 27.5 Å². The van der Waals surface area contributed by atoms with Gasteiger partial charge in [0, 0.05) is 21.1 Å². The average Bonchev–Trinajstić information content (AvgIpc) is 2.58. The van der Waals surface area contributed by atoms with Crippen molar-refractivity contribution in [3.8, 4) is 0 Å². The van der Waals surface area contributed by atoms with E-state index in [9.17, 15) is 4.79 Å². The molecule has 96 valence electrons. The van der Waals surface area contributed by atoms with Gasteiger partial charge in [-0.2, -0.15) is 0 Å². The maximum absolute atomic E-state index is 11.9. The number of amides is 1. The summed E-state index contributed by atoms with van der Waals surface area (Å²) in [4.78, 5) is 16.2. The lowest BCUT2D eigenvalue weighted by Crippen LogP contribution is -2.40. The molecule has 0 aromatic heterocycles. The lowest BCUT2D eigenvalue weighted by molar-refractivity contribution is -0.120. The Balaban J connectivity index is 2.27. The second-order valence-electron chi connectivity index (χ2n) is 4.33. The molecule has 6 heteroatoms. The predicted octanol–water partition coefficient (Wildman–Crippen LogP) is 2.63. The summed E-state index contributed by atoms with van der Waals surface area (Å²) in [5.41, 5.74) is 0.803. The third kappa shape index (κ3) is 2.84. The number of rotatable bonds is 2. The number of nitrogens with zero attached hydrogens (tertiary/aromatic N) is 1. The van der Waals surface area contributed by atoms with Gasteiger partial charge in [0.2, 0.25) is 0 Å². The lowest BCUT2D eigenvalue weighted by atomic mass is 10.1. The molecular formula is C12H13BrClN3O. The Morgan fingerprint density at radius 3 is 2.83 bits per heavy atom. The molecule has 0 saturated carbocycles. The van der Waals surface area contributed by atoms with Crippen molar-refractivity contribution in [3.05, 3.63) is 33.3 Å². The highest BCUT2D eigenvalue weighted by atomic mass is 79.9. The molecule has 1 aliphatic heterocycles. The molecule has 1 aliphatic rings. The normalized spacial score (nSPS) is 18.8. The van der Waals surface area contributed by atoms with E-state index in [0.29, 0.717) is 11.0 Å². The van der Waals surface area contributed by atoms with Crippen LogP contribution in [0.5, 0.6) is 0 Å². The van der Waals surface area contributed by atoms with Crippen molar-refractivity contribution in [3.63, 3.8) is 0 Å². The van der Waals surface area contributed by atoms with Crippen LogP contribution in [0.4, 0.5) is 0 Å². The molecule has 2 rings (SSSR count). The lowest BCUT2D eigenvalue weighted by Gasteiger charge is -2.07. The van der Waals surface area contributed by atoms with E-state index in [2.05, 4.69) is 31.6 Å². The standard InChI is InChI=1S/C12H13BrClN3O/c1-6(2)15-12-16-10(11(18)17-12)8-4-3-7(14)5-9(8)13/h3-6,10H,1-2H3,(H2,15,16,17,18). The number of nitrogens with one attached hydrogen (secondary N) is 2. The van der Waals surface area contributed by atoms with Gasteiger partial charge in [-0.15, -0.1) is 0 Å². The smallest absolute Gasteiger partial charge is 0.256 e. The van der Waals surface area contributed by atoms with Gasteiger partial charge in [-0.1, -0.05) is 33.6 Å². The van der Waals surface area contributed by atoms with E-state index < -0.39 is 6.04 Å². The van der Waals surface area contributed by atoms with Crippen LogP contribution in [-0.4, -0.2) is 17.9 Å². The number of guanidine groups is 1. The number of aliphatic imine (C=N–C) groups is 1. The minimum Gasteiger partial charge on any atom is -0.354 e. The first kappa shape index (κ1) is 13.4. The molecule has 2 N–H and O–H groups in total. The van der Waals surface area contributed by atoms with Gasteiger partial charge in [0.05, 0.1) is 0 Å². The van der Waals surface area contributed by atoms with E-state index in [1.54, 1.807) is 18.2 Å². The van der Waals surface area contributed by atoms with Crippen LogP contribution in [0.3, 0.4) is 0 Å². The zero-order valence-electron chi connectivity index (χ0n) is 10.00. The summed E-state index contributed by atoms with van der Waals surface area (Å²) in [6, 6.07) is 5.00. The van der Waals surface area contributed by atoms with Crippen molar-refractivity contribution in [2.45, 2.75) is 25.9 Å². The highest BCUT2D eigenvalue weighted by molar-refractivity contribution is 9.10. The van der Waals surface area contributed by atoms with Crippen molar-refractivity contribution >= 4 is 39.4 Å². The molecule has 1 unspecified atom stereocenters. The van der Waals surface area contributed by atoms with Crippen molar-refractivity contribution in [1.29, 1.82) is 0 Å². The highest BCUT2D eigenvalue weighted by Crippen LogP contribution is 2.30. The Hall–Kier alpha value is -1.07. The van der Waals surface area contributed by atoms with Gasteiger partial charge >= 0.3 is 0 Å². The molecule has 0 fully saturated rings. The molecule has 1 aromatic rings. The quantitative estimate of drug-likeness (QED) is 0.876. The van der Waals surface area contributed by atoms with Crippen LogP contribution in [0.25, 0.3) is 0 Å². The average molecular weight is 331 g/mol. The zero-order chi connectivity index (χ0) is 13.3. The molecular weight excluding hydrogens is 318 g/mol. The number of hydrogen-bond acceptors (Lipinski definition) is 3. The maximum Gasteiger partial charge on any atom is 0.256 e. The summed E-state index contributed by atoms with van der Waals surface area (Å²) in [6.45, 7) is 3.97. The zero-order valence-corrected chi connectivity index (χ0v) is 12.3. The summed E-state index contributed by atoms with van der Waals surface area (Å²) in [7, 11) is 0. The first-order valence-corrected chi connectivity index (χ1v) is 6.74. The van der Waals surface area contributed by atoms with Crippen molar-refractivity contribution < 1.29 is 4.79 Å². The van der Waals surface area contributed by atoms with Crippen molar-refractivity contribution in [2.75, 3.05) is 0 Å². The molecule has 1 aromatic carbocycles. The first-order chi connectivity index (χ1) is 8.47. The number of hydrogen-bond donors (Lipinski definition) is 2. The van der Waals surface area contributed by atoms with Crippen molar-refractivity contribution in [2.24, 2.45) is 4.99 Å². The fourth-order valence-corrected chi connectivity index (χ4v) is 2.59. The van der Waals surface area contributed by atoms with Gasteiger partial charge in [0.1, 0.15) is 0 Å². The number of carbonyl (C=O) groups excluding carboxylic acids is 1. The summed E-state index contributed by atoms with van der Waals surface area (Å²) in [5.74, 6) is 0.378. The molecule has 1 heterocycles. The third-order valence-corrected chi connectivity index (χ3v) is 3.35. The largest absolute Gasteiger partial charge is 0.354 e. The monoisotopic (exact) mass is 329 g/mol.